The maximum absolute atomic E-state index is 13.0. The van der Waals surface area contributed by atoms with Crippen molar-refractivity contribution in [2.75, 3.05) is 32.8 Å². The molecule has 0 saturated carbocycles. The summed E-state index contributed by atoms with van der Waals surface area (Å²) in [5.74, 6) is -0.450. The number of Topliss-reactive ketones (excluding diaryl/α,β-unsaturated/α-hetero) is 1. The van der Waals surface area contributed by atoms with Crippen LogP contribution in [-0.2, 0) is 14.8 Å². The number of carbonyl (C=O) groups excluding carboxylic acids is 2. The lowest BCUT2D eigenvalue weighted by atomic mass is 10.1. The van der Waals surface area contributed by atoms with Crippen molar-refractivity contribution in [1.29, 1.82) is 0 Å². The molecule has 2 aromatic rings. The second kappa shape index (κ2) is 8.71. The van der Waals surface area contributed by atoms with Crippen LogP contribution in [0.2, 0.25) is 0 Å². The molecule has 1 saturated heterocycles. The normalized spacial score (nSPS) is 15.2. The molecule has 3 rings (SSSR count). The Hall–Kier alpha value is -2.78. The zero-order valence-corrected chi connectivity index (χ0v) is 16.7. The van der Waals surface area contributed by atoms with Crippen LogP contribution in [0.4, 0.5) is 4.39 Å². The molecule has 0 aliphatic carbocycles. The van der Waals surface area contributed by atoms with Gasteiger partial charge in [-0.1, -0.05) is 12.1 Å². The summed E-state index contributed by atoms with van der Waals surface area (Å²) in [7, 11) is -3.73. The molecule has 7 nitrogen and oxygen atoms in total. The van der Waals surface area contributed by atoms with Crippen LogP contribution in [0, 0.1) is 5.82 Å². The predicted octanol–water partition coefficient (Wildman–Crippen LogP) is 1.94. The molecular formula is C20H21FN2O5S. The number of ketones is 1. The van der Waals surface area contributed by atoms with Gasteiger partial charge in [-0.25, -0.2) is 12.8 Å². The van der Waals surface area contributed by atoms with Crippen molar-refractivity contribution < 1.29 is 27.1 Å². The molecule has 1 heterocycles. The topological polar surface area (TPSA) is 84.0 Å². The molecule has 2 aromatic carbocycles. The molecule has 0 bridgehead atoms. The van der Waals surface area contributed by atoms with Crippen LogP contribution in [0.3, 0.4) is 0 Å². The quantitative estimate of drug-likeness (QED) is 0.667. The van der Waals surface area contributed by atoms with Crippen molar-refractivity contribution in [1.82, 2.24) is 9.21 Å². The van der Waals surface area contributed by atoms with Crippen molar-refractivity contribution in [3.63, 3.8) is 0 Å². The van der Waals surface area contributed by atoms with Crippen molar-refractivity contribution in [2.24, 2.45) is 0 Å². The lowest BCUT2D eigenvalue weighted by Crippen LogP contribution is -2.51. The summed E-state index contributed by atoms with van der Waals surface area (Å²) >= 11 is 0. The minimum atomic E-state index is -3.73. The molecule has 0 aromatic heterocycles. The molecule has 154 valence electrons. The van der Waals surface area contributed by atoms with E-state index in [9.17, 15) is 22.4 Å². The van der Waals surface area contributed by atoms with E-state index in [1.165, 1.54) is 28.3 Å². The number of hydrogen-bond donors (Lipinski definition) is 0. The molecule has 1 aliphatic rings. The molecule has 1 aliphatic heterocycles. The highest BCUT2D eigenvalue weighted by molar-refractivity contribution is 7.89. The minimum absolute atomic E-state index is 0.0207. The molecule has 0 N–H and O–H groups in total. The number of carbonyl (C=O) groups is 2. The van der Waals surface area contributed by atoms with E-state index in [2.05, 4.69) is 0 Å². The van der Waals surface area contributed by atoms with E-state index in [4.69, 9.17) is 4.74 Å². The van der Waals surface area contributed by atoms with Crippen molar-refractivity contribution in [3.05, 3.63) is 59.9 Å². The number of amides is 1. The highest BCUT2D eigenvalue weighted by Crippen LogP contribution is 2.18. The second-order valence-corrected chi connectivity index (χ2v) is 8.55. The van der Waals surface area contributed by atoms with Crippen molar-refractivity contribution in [2.45, 2.75) is 11.8 Å². The number of nitrogens with zero attached hydrogens (tertiary/aromatic N) is 2. The van der Waals surface area contributed by atoms with Crippen LogP contribution in [0.5, 0.6) is 5.75 Å². The highest BCUT2D eigenvalue weighted by atomic mass is 32.2. The van der Waals surface area contributed by atoms with Gasteiger partial charge in [-0.15, -0.1) is 0 Å². The van der Waals surface area contributed by atoms with Crippen LogP contribution in [0.25, 0.3) is 0 Å². The SMILES string of the molecule is CC(=O)c1cccc(OCC(=O)N2CCN(S(=O)(=O)c3ccc(F)cc3)CC2)c1. The van der Waals surface area contributed by atoms with Gasteiger partial charge in [0.15, 0.2) is 12.4 Å². The fourth-order valence-corrected chi connectivity index (χ4v) is 4.40. The van der Waals surface area contributed by atoms with Gasteiger partial charge in [0.25, 0.3) is 5.91 Å². The molecule has 0 unspecified atom stereocenters. The van der Waals surface area contributed by atoms with Crippen LogP contribution in [-0.4, -0.2) is 62.1 Å². The number of sulfonamides is 1. The van der Waals surface area contributed by atoms with Gasteiger partial charge in [0, 0.05) is 31.7 Å². The highest BCUT2D eigenvalue weighted by Gasteiger charge is 2.30. The Labute approximate surface area is 168 Å². The molecule has 29 heavy (non-hydrogen) atoms. The Kier molecular flexibility index (Phi) is 6.29. The first-order valence-corrected chi connectivity index (χ1v) is 10.5. The lowest BCUT2D eigenvalue weighted by Gasteiger charge is -2.34. The Morgan fingerprint density at radius 3 is 2.31 bits per heavy atom. The third-order valence-electron chi connectivity index (χ3n) is 4.65. The summed E-state index contributed by atoms with van der Waals surface area (Å²) in [5, 5.41) is 0. The summed E-state index contributed by atoms with van der Waals surface area (Å²) < 4.78 is 45.0. The monoisotopic (exact) mass is 420 g/mol. The van der Waals surface area contributed by atoms with Gasteiger partial charge < -0.3 is 9.64 Å². The van der Waals surface area contributed by atoms with Gasteiger partial charge in [0.1, 0.15) is 11.6 Å². The zero-order chi connectivity index (χ0) is 21.0. The van der Waals surface area contributed by atoms with E-state index in [0.717, 1.165) is 12.1 Å². The van der Waals surface area contributed by atoms with E-state index < -0.39 is 15.8 Å². The van der Waals surface area contributed by atoms with Crippen LogP contribution >= 0.6 is 0 Å². The van der Waals surface area contributed by atoms with Gasteiger partial charge in [-0.05, 0) is 43.3 Å². The number of hydrogen-bond acceptors (Lipinski definition) is 5. The Bertz CT molecular complexity index is 1000. The number of piperazine rings is 1. The summed E-state index contributed by atoms with van der Waals surface area (Å²) in [5.41, 5.74) is 0.495. The first-order valence-electron chi connectivity index (χ1n) is 9.04. The second-order valence-electron chi connectivity index (χ2n) is 6.61. The van der Waals surface area contributed by atoms with Gasteiger partial charge in [-0.3, -0.25) is 9.59 Å². The summed E-state index contributed by atoms with van der Waals surface area (Å²) in [6, 6.07) is 11.2. The van der Waals surface area contributed by atoms with E-state index in [1.54, 1.807) is 24.3 Å². The van der Waals surface area contributed by atoms with E-state index in [1.807, 2.05) is 0 Å². The molecule has 0 atom stereocenters. The van der Waals surface area contributed by atoms with Gasteiger partial charge in [0.05, 0.1) is 4.90 Å². The average molecular weight is 420 g/mol. The molecular weight excluding hydrogens is 399 g/mol. The summed E-state index contributed by atoms with van der Waals surface area (Å²) in [6.07, 6.45) is 0. The molecule has 0 radical (unpaired) electrons. The number of ether oxygens (including phenoxy) is 1. The number of benzene rings is 2. The molecule has 9 heteroatoms. The van der Waals surface area contributed by atoms with Gasteiger partial charge in [0.2, 0.25) is 10.0 Å². The molecule has 1 fully saturated rings. The lowest BCUT2D eigenvalue weighted by molar-refractivity contribution is -0.134. The van der Waals surface area contributed by atoms with Crippen molar-refractivity contribution >= 4 is 21.7 Å². The van der Waals surface area contributed by atoms with Crippen LogP contribution in [0.1, 0.15) is 17.3 Å². The first-order chi connectivity index (χ1) is 13.8. The van der Waals surface area contributed by atoms with Crippen LogP contribution < -0.4 is 4.74 Å². The van der Waals surface area contributed by atoms with Gasteiger partial charge in [-0.2, -0.15) is 4.31 Å². The fraction of sp³-hybridized carbons (Fsp3) is 0.300. The predicted molar refractivity (Wildman–Crippen MR) is 104 cm³/mol. The maximum Gasteiger partial charge on any atom is 0.260 e. The Morgan fingerprint density at radius 1 is 1.03 bits per heavy atom. The smallest absolute Gasteiger partial charge is 0.260 e. The first kappa shape index (κ1) is 20.9. The van der Waals surface area contributed by atoms with Crippen LogP contribution in [0.15, 0.2) is 53.4 Å². The third-order valence-corrected chi connectivity index (χ3v) is 6.56. The van der Waals surface area contributed by atoms with Crippen molar-refractivity contribution in [3.8, 4) is 5.75 Å². The third kappa shape index (κ3) is 4.99. The molecule has 0 spiro atoms. The fourth-order valence-electron chi connectivity index (χ4n) is 2.97. The number of halogens is 1. The minimum Gasteiger partial charge on any atom is -0.484 e. The Balaban J connectivity index is 1.55. The average Bonchev–Trinajstić information content (AvgIpc) is 2.72. The Morgan fingerprint density at radius 2 is 1.69 bits per heavy atom. The standard InChI is InChI=1S/C20H21FN2O5S/c1-15(24)16-3-2-4-18(13-16)28-14-20(25)22-9-11-23(12-10-22)29(26,27)19-7-5-17(21)6-8-19/h2-8,13H,9-12,14H2,1H3. The number of rotatable bonds is 6. The largest absolute Gasteiger partial charge is 0.484 e. The van der Waals surface area contributed by atoms with E-state index >= 15 is 0 Å². The van der Waals surface area contributed by atoms with E-state index in [0.29, 0.717) is 11.3 Å². The molecule has 1 amide bonds. The van der Waals surface area contributed by atoms with Gasteiger partial charge >= 0.3 is 0 Å². The van der Waals surface area contributed by atoms with E-state index in [-0.39, 0.29) is 49.4 Å². The summed E-state index contributed by atoms with van der Waals surface area (Å²) in [4.78, 5) is 25.3. The maximum atomic E-state index is 13.0. The zero-order valence-electron chi connectivity index (χ0n) is 15.9. The summed E-state index contributed by atoms with van der Waals surface area (Å²) in [6.45, 7) is 2.00.